The van der Waals surface area contributed by atoms with Crippen LogP contribution < -0.4 is 14.8 Å². The van der Waals surface area contributed by atoms with E-state index in [-0.39, 0.29) is 6.42 Å². The number of carboxylic acid groups (broad SMARTS) is 1. The molecule has 1 aliphatic heterocycles. The Morgan fingerprint density at radius 3 is 2.79 bits per heavy atom. The summed E-state index contributed by atoms with van der Waals surface area (Å²) in [5, 5.41) is 11.7. The minimum Gasteiger partial charge on any atom is -0.486 e. The Balaban J connectivity index is 1.70. The third-order valence-corrected chi connectivity index (χ3v) is 2.94. The van der Waals surface area contributed by atoms with Crippen LogP contribution in [0.2, 0.25) is 0 Å². The van der Waals surface area contributed by atoms with Gasteiger partial charge in [-0.3, -0.25) is 4.79 Å². The normalized spacial score (nSPS) is 13.3. The minimum absolute atomic E-state index is 0.219. The zero-order chi connectivity index (χ0) is 13.5. The van der Waals surface area contributed by atoms with Crippen molar-refractivity contribution in [2.45, 2.75) is 19.3 Å². The molecule has 1 heterocycles. The average Bonchev–Trinajstić information content (AvgIpc) is 2.42. The molecule has 0 amide bonds. The molecule has 19 heavy (non-hydrogen) atoms. The van der Waals surface area contributed by atoms with Gasteiger partial charge >= 0.3 is 5.97 Å². The predicted octanol–water partition coefficient (Wildman–Crippen LogP) is 1.45. The zero-order valence-electron chi connectivity index (χ0n) is 10.9. The second-order valence-corrected chi connectivity index (χ2v) is 4.48. The summed E-state index contributed by atoms with van der Waals surface area (Å²) < 4.78 is 11.0. The monoisotopic (exact) mass is 265 g/mol. The third kappa shape index (κ3) is 4.44. The number of nitrogens with one attached hydrogen (secondary N) is 1. The van der Waals surface area contributed by atoms with Gasteiger partial charge in [-0.25, -0.2) is 0 Å². The van der Waals surface area contributed by atoms with Crippen LogP contribution in [0.25, 0.3) is 0 Å². The average molecular weight is 265 g/mol. The maximum atomic E-state index is 10.3. The molecular weight excluding hydrogens is 246 g/mol. The van der Waals surface area contributed by atoms with Gasteiger partial charge in [-0.2, -0.15) is 0 Å². The van der Waals surface area contributed by atoms with Gasteiger partial charge in [0.15, 0.2) is 11.5 Å². The van der Waals surface area contributed by atoms with E-state index in [1.54, 1.807) is 0 Å². The van der Waals surface area contributed by atoms with Crippen molar-refractivity contribution in [2.24, 2.45) is 0 Å². The van der Waals surface area contributed by atoms with Gasteiger partial charge in [-0.15, -0.1) is 0 Å². The van der Waals surface area contributed by atoms with Gasteiger partial charge in [-0.1, -0.05) is 6.07 Å². The summed E-state index contributed by atoms with van der Waals surface area (Å²) in [6.45, 7) is 2.78. The van der Waals surface area contributed by atoms with Crippen LogP contribution in [0.5, 0.6) is 11.5 Å². The van der Waals surface area contributed by atoms with E-state index < -0.39 is 5.97 Å². The Morgan fingerprint density at radius 2 is 2.00 bits per heavy atom. The molecule has 0 radical (unpaired) electrons. The molecule has 0 aliphatic carbocycles. The molecule has 0 fully saturated rings. The van der Waals surface area contributed by atoms with Crippen molar-refractivity contribution in [1.29, 1.82) is 0 Å². The lowest BCUT2D eigenvalue weighted by Crippen LogP contribution is -2.19. The van der Waals surface area contributed by atoms with Gasteiger partial charge in [0, 0.05) is 6.42 Å². The topological polar surface area (TPSA) is 67.8 Å². The second-order valence-electron chi connectivity index (χ2n) is 4.48. The molecule has 5 nitrogen and oxygen atoms in total. The molecule has 0 spiro atoms. The highest BCUT2D eigenvalue weighted by Crippen LogP contribution is 2.30. The van der Waals surface area contributed by atoms with Crippen molar-refractivity contribution in [2.75, 3.05) is 26.3 Å². The standard InChI is InChI=1S/C14H19NO4/c16-14(17)2-1-6-15-7-5-11-3-4-12-13(10-11)19-9-8-18-12/h3-4,10,15H,1-2,5-9H2,(H,16,17). The smallest absolute Gasteiger partial charge is 0.303 e. The lowest BCUT2D eigenvalue weighted by Gasteiger charge is -2.18. The van der Waals surface area contributed by atoms with Crippen LogP contribution in [0.15, 0.2) is 18.2 Å². The lowest BCUT2D eigenvalue weighted by atomic mass is 10.1. The molecule has 1 aromatic rings. The predicted molar refractivity (Wildman–Crippen MR) is 70.9 cm³/mol. The molecule has 0 aromatic heterocycles. The Kier molecular flexibility index (Phi) is 5.03. The van der Waals surface area contributed by atoms with Crippen LogP contribution in [0.3, 0.4) is 0 Å². The number of carboxylic acids is 1. The molecule has 2 rings (SSSR count). The number of rotatable bonds is 7. The number of aliphatic carboxylic acids is 1. The molecule has 0 saturated carbocycles. The van der Waals surface area contributed by atoms with E-state index in [9.17, 15) is 4.79 Å². The minimum atomic E-state index is -0.742. The highest BCUT2D eigenvalue weighted by molar-refractivity contribution is 5.66. The molecule has 0 unspecified atom stereocenters. The first-order valence-corrected chi connectivity index (χ1v) is 6.57. The molecular formula is C14H19NO4. The summed E-state index contributed by atoms with van der Waals surface area (Å²) in [6.07, 6.45) is 1.78. The van der Waals surface area contributed by atoms with Crippen molar-refractivity contribution in [1.82, 2.24) is 5.32 Å². The highest BCUT2D eigenvalue weighted by atomic mass is 16.6. The molecule has 1 aliphatic rings. The molecule has 2 N–H and O–H groups in total. The molecule has 0 bridgehead atoms. The van der Waals surface area contributed by atoms with E-state index in [2.05, 4.69) is 5.32 Å². The first kappa shape index (κ1) is 13.7. The third-order valence-electron chi connectivity index (χ3n) is 2.94. The highest BCUT2D eigenvalue weighted by Gasteiger charge is 2.11. The van der Waals surface area contributed by atoms with Gasteiger partial charge in [-0.05, 0) is 43.6 Å². The van der Waals surface area contributed by atoms with E-state index in [0.717, 1.165) is 31.0 Å². The maximum absolute atomic E-state index is 10.3. The zero-order valence-corrected chi connectivity index (χ0v) is 10.9. The first-order chi connectivity index (χ1) is 9.25. The fourth-order valence-corrected chi connectivity index (χ4v) is 1.97. The van der Waals surface area contributed by atoms with Gasteiger partial charge in [0.05, 0.1) is 0 Å². The molecule has 104 valence electrons. The van der Waals surface area contributed by atoms with Crippen LogP contribution in [0, 0.1) is 0 Å². The summed E-state index contributed by atoms with van der Waals surface area (Å²) in [5.41, 5.74) is 1.19. The van der Waals surface area contributed by atoms with E-state index >= 15 is 0 Å². The van der Waals surface area contributed by atoms with Crippen molar-refractivity contribution in [3.63, 3.8) is 0 Å². The van der Waals surface area contributed by atoms with Crippen LogP contribution in [0.1, 0.15) is 18.4 Å². The van der Waals surface area contributed by atoms with E-state index in [1.807, 2.05) is 18.2 Å². The summed E-state index contributed by atoms with van der Waals surface area (Å²) >= 11 is 0. The van der Waals surface area contributed by atoms with Crippen LogP contribution >= 0.6 is 0 Å². The first-order valence-electron chi connectivity index (χ1n) is 6.57. The quantitative estimate of drug-likeness (QED) is 0.730. The largest absolute Gasteiger partial charge is 0.486 e. The molecule has 0 atom stereocenters. The number of fused-ring (bicyclic) bond motifs is 1. The summed E-state index contributed by atoms with van der Waals surface area (Å²) in [7, 11) is 0. The van der Waals surface area contributed by atoms with Crippen LogP contribution in [-0.2, 0) is 11.2 Å². The number of ether oxygens (including phenoxy) is 2. The van der Waals surface area contributed by atoms with Gasteiger partial charge in [0.2, 0.25) is 0 Å². The number of hydrogen-bond acceptors (Lipinski definition) is 4. The van der Waals surface area contributed by atoms with Crippen molar-refractivity contribution >= 4 is 5.97 Å². The summed E-state index contributed by atoms with van der Waals surface area (Å²) in [5.74, 6) is 0.882. The van der Waals surface area contributed by atoms with E-state index in [0.29, 0.717) is 19.6 Å². The van der Waals surface area contributed by atoms with Gasteiger partial charge in [0.1, 0.15) is 13.2 Å². The van der Waals surface area contributed by atoms with Crippen molar-refractivity contribution in [3.05, 3.63) is 23.8 Å². The summed E-state index contributed by atoms with van der Waals surface area (Å²) in [6, 6.07) is 5.98. The van der Waals surface area contributed by atoms with Gasteiger partial charge < -0.3 is 19.9 Å². The number of hydrogen-bond donors (Lipinski definition) is 2. The van der Waals surface area contributed by atoms with Crippen LogP contribution in [-0.4, -0.2) is 37.4 Å². The second kappa shape index (κ2) is 6.99. The Hall–Kier alpha value is -1.75. The number of benzene rings is 1. The molecule has 1 aromatic carbocycles. The molecule has 5 heteroatoms. The molecule has 0 saturated heterocycles. The Labute approximate surface area is 112 Å². The van der Waals surface area contributed by atoms with Gasteiger partial charge in [0.25, 0.3) is 0 Å². The van der Waals surface area contributed by atoms with E-state index in [4.69, 9.17) is 14.6 Å². The maximum Gasteiger partial charge on any atom is 0.303 e. The van der Waals surface area contributed by atoms with Crippen molar-refractivity contribution < 1.29 is 19.4 Å². The summed E-state index contributed by atoms with van der Waals surface area (Å²) in [4.78, 5) is 10.3. The SMILES string of the molecule is O=C(O)CCCNCCc1ccc2c(c1)OCCO2. The Morgan fingerprint density at radius 1 is 1.21 bits per heavy atom. The lowest BCUT2D eigenvalue weighted by molar-refractivity contribution is -0.137. The van der Waals surface area contributed by atoms with E-state index in [1.165, 1.54) is 5.56 Å². The number of carbonyl (C=O) groups is 1. The fraction of sp³-hybridized carbons (Fsp3) is 0.500. The fourth-order valence-electron chi connectivity index (χ4n) is 1.97. The van der Waals surface area contributed by atoms with Crippen LogP contribution in [0.4, 0.5) is 0 Å². The Bertz CT molecular complexity index is 433. The van der Waals surface area contributed by atoms with Crippen molar-refractivity contribution in [3.8, 4) is 11.5 Å².